The third kappa shape index (κ3) is 4.20. The van der Waals surface area contributed by atoms with Gasteiger partial charge in [0.15, 0.2) is 0 Å². The van der Waals surface area contributed by atoms with E-state index in [2.05, 4.69) is 4.98 Å². The van der Waals surface area contributed by atoms with Gasteiger partial charge in [0.05, 0.1) is 23.0 Å². The number of β-amino-alcohol motifs (C(OH)–C–C–N with tert-alkyl or cyclic N) is 1. The molecule has 0 spiro atoms. The Labute approximate surface area is 193 Å². The molecule has 182 valence electrons. The molecular weight excluding hydrogens is 456 g/mol. The van der Waals surface area contributed by atoms with Gasteiger partial charge < -0.3 is 14.9 Å². The van der Waals surface area contributed by atoms with E-state index in [4.69, 9.17) is 0 Å². The molecule has 34 heavy (non-hydrogen) atoms. The molecule has 0 bridgehead atoms. The Morgan fingerprint density at radius 1 is 1.24 bits per heavy atom. The first-order valence-corrected chi connectivity index (χ1v) is 10.8. The summed E-state index contributed by atoms with van der Waals surface area (Å²) in [6.45, 7) is 3.00. The number of anilines is 3. The summed E-state index contributed by atoms with van der Waals surface area (Å²) in [5.41, 5.74) is -0.565. The van der Waals surface area contributed by atoms with Crippen molar-refractivity contribution in [3.05, 3.63) is 47.4 Å². The largest absolute Gasteiger partial charge is 0.416 e. The van der Waals surface area contributed by atoms with Crippen LogP contribution in [0, 0.1) is 18.7 Å². The molecule has 0 radical (unpaired) electrons. The third-order valence-electron chi connectivity index (χ3n) is 6.11. The molecule has 1 N–H and O–H groups in total. The fourth-order valence-corrected chi connectivity index (χ4v) is 4.75. The van der Waals surface area contributed by atoms with Crippen LogP contribution >= 0.6 is 0 Å². The second-order valence-electron chi connectivity index (χ2n) is 8.78. The molecule has 1 aromatic heterocycles. The number of para-hydroxylation sites is 1. The van der Waals surface area contributed by atoms with Crippen molar-refractivity contribution in [2.45, 2.75) is 38.6 Å². The maximum absolute atomic E-state index is 14.9. The summed E-state index contributed by atoms with van der Waals surface area (Å²) in [7, 11) is 1.43. The van der Waals surface area contributed by atoms with Gasteiger partial charge in [-0.25, -0.2) is 9.37 Å². The monoisotopic (exact) mass is 480 g/mol. The number of carbonyl (C=O) groups excluding carboxylic acids is 2. The fraction of sp³-hybridized carbons (Fsp3) is 0.435. The summed E-state index contributed by atoms with van der Waals surface area (Å²) in [5, 5.41) is 10.0. The molecule has 2 amide bonds. The number of halogens is 4. The van der Waals surface area contributed by atoms with Gasteiger partial charge in [0, 0.05) is 38.2 Å². The first-order valence-electron chi connectivity index (χ1n) is 10.8. The summed E-state index contributed by atoms with van der Waals surface area (Å²) in [5.74, 6) is -2.62. The molecule has 1 fully saturated rings. The number of nitrogens with zero attached hydrogens (tertiary/aromatic N) is 4. The van der Waals surface area contributed by atoms with Crippen LogP contribution in [0.1, 0.15) is 24.6 Å². The average Bonchev–Trinajstić information content (AvgIpc) is 3.05. The number of alkyl halides is 3. The van der Waals surface area contributed by atoms with Gasteiger partial charge in [-0.3, -0.25) is 14.5 Å². The number of amides is 2. The first-order chi connectivity index (χ1) is 15.9. The molecule has 0 saturated carbocycles. The van der Waals surface area contributed by atoms with E-state index in [1.165, 1.54) is 37.9 Å². The van der Waals surface area contributed by atoms with E-state index in [9.17, 15) is 32.3 Å². The molecular formula is C23H24F4N4O3. The van der Waals surface area contributed by atoms with Crippen molar-refractivity contribution in [2.75, 3.05) is 34.8 Å². The van der Waals surface area contributed by atoms with Crippen LogP contribution in [0.15, 0.2) is 30.3 Å². The molecule has 1 unspecified atom stereocenters. The van der Waals surface area contributed by atoms with E-state index in [1.807, 2.05) is 0 Å². The number of pyridine rings is 1. The number of hydrogen-bond donors (Lipinski definition) is 1. The van der Waals surface area contributed by atoms with Crippen molar-refractivity contribution in [1.29, 1.82) is 0 Å². The minimum Gasteiger partial charge on any atom is -0.392 e. The SMILES string of the molecule is Cc1cc(C(F)(F)F)cc(N2C(=O)C[C@@H]3CN(CC(C)O)c4c(F)cccc4N(C)C(=O)[C@H]32)n1. The number of aryl methyl sites for hydroxylation is 1. The number of likely N-dealkylation sites (N-methyl/N-ethyl adjacent to an activating group) is 1. The highest BCUT2D eigenvalue weighted by Crippen LogP contribution is 2.41. The van der Waals surface area contributed by atoms with E-state index in [0.717, 1.165) is 17.0 Å². The van der Waals surface area contributed by atoms with Crippen LogP contribution in [0.25, 0.3) is 0 Å². The van der Waals surface area contributed by atoms with E-state index in [-0.39, 0.29) is 42.4 Å². The summed E-state index contributed by atoms with van der Waals surface area (Å²) < 4.78 is 55.2. The Bertz CT molecular complexity index is 1140. The number of aliphatic hydroxyl groups is 1. The van der Waals surface area contributed by atoms with E-state index < -0.39 is 47.4 Å². The van der Waals surface area contributed by atoms with Crippen molar-refractivity contribution in [1.82, 2.24) is 4.98 Å². The molecule has 3 heterocycles. The lowest BCUT2D eigenvalue weighted by atomic mass is 9.95. The van der Waals surface area contributed by atoms with Crippen molar-refractivity contribution < 1.29 is 32.3 Å². The van der Waals surface area contributed by atoms with Gasteiger partial charge in [0.2, 0.25) is 11.8 Å². The third-order valence-corrected chi connectivity index (χ3v) is 6.11. The minimum atomic E-state index is -4.66. The van der Waals surface area contributed by atoms with Crippen LogP contribution in [0.4, 0.5) is 34.8 Å². The molecule has 7 nitrogen and oxygen atoms in total. The van der Waals surface area contributed by atoms with Crippen LogP contribution in [-0.4, -0.2) is 54.2 Å². The predicted molar refractivity (Wildman–Crippen MR) is 117 cm³/mol. The fourth-order valence-electron chi connectivity index (χ4n) is 4.75. The zero-order valence-corrected chi connectivity index (χ0v) is 18.8. The summed E-state index contributed by atoms with van der Waals surface area (Å²) in [6.07, 6.45) is -5.63. The van der Waals surface area contributed by atoms with Gasteiger partial charge in [-0.05, 0) is 38.1 Å². The molecule has 1 saturated heterocycles. The normalized spacial score (nSPS) is 21.8. The first kappa shape index (κ1) is 23.9. The van der Waals surface area contributed by atoms with Gasteiger partial charge in [-0.2, -0.15) is 13.2 Å². The minimum absolute atomic E-state index is 0.0360. The molecule has 2 aliphatic heterocycles. The van der Waals surface area contributed by atoms with Crippen LogP contribution in [-0.2, 0) is 15.8 Å². The summed E-state index contributed by atoms with van der Waals surface area (Å²) >= 11 is 0. The van der Waals surface area contributed by atoms with Crippen molar-refractivity contribution in [3.8, 4) is 0 Å². The zero-order valence-electron chi connectivity index (χ0n) is 18.8. The van der Waals surface area contributed by atoms with Gasteiger partial charge in [0.25, 0.3) is 0 Å². The summed E-state index contributed by atoms with van der Waals surface area (Å²) in [4.78, 5) is 34.6. The highest BCUT2D eigenvalue weighted by Gasteiger charge is 2.49. The van der Waals surface area contributed by atoms with Gasteiger partial charge in [0.1, 0.15) is 17.7 Å². The highest BCUT2D eigenvalue weighted by molar-refractivity contribution is 6.10. The molecule has 2 aromatic rings. The van der Waals surface area contributed by atoms with E-state index in [1.54, 1.807) is 11.0 Å². The van der Waals surface area contributed by atoms with Crippen LogP contribution in [0.5, 0.6) is 0 Å². The molecule has 0 aliphatic carbocycles. The molecule has 4 rings (SSSR count). The Kier molecular flexibility index (Phi) is 6.01. The predicted octanol–water partition coefficient (Wildman–Crippen LogP) is 3.13. The molecule has 1 aromatic carbocycles. The van der Waals surface area contributed by atoms with Crippen molar-refractivity contribution in [3.63, 3.8) is 0 Å². The number of carbonyl (C=O) groups is 2. The lowest BCUT2D eigenvalue weighted by Crippen LogP contribution is -2.53. The number of fused-ring (bicyclic) bond motifs is 2. The van der Waals surface area contributed by atoms with Crippen LogP contribution < -0.4 is 14.7 Å². The Morgan fingerprint density at radius 2 is 1.94 bits per heavy atom. The molecule has 2 aliphatic rings. The summed E-state index contributed by atoms with van der Waals surface area (Å²) in [6, 6.07) is 4.72. The maximum Gasteiger partial charge on any atom is 0.416 e. The van der Waals surface area contributed by atoms with Crippen molar-refractivity contribution >= 4 is 29.0 Å². The number of hydrogen-bond acceptors (Lipinski definition) is 5. The quantitative estimate of drug-likeness (QED) is 0.684. The van der Waals surface area contributed by atoms with Crippen LogP contribution in [0.3, 0.4) is 0 Å². The Balaban J connectivity index is 1.84. The number of rotatable bonds is 3. The lowest BCUT2D eigenvalue weighted by molar-refractivity contribution is -0.137. The van der Waals surface area contributed by atoms with Crippen molar-refractivity contribution in [2.24, 2.45) is 5.92 Å². The molecule has 11 heteroatoms. The maximum atomic E-state index is 14.9. The topological polar surface area (TPSA) is 77.0 Å². The Morgan fingerprint density at radius 3 is 2.59 bits per heavy atom. The van der Waals surface area contributed by atoms with Gasteiger partial charge in [-0.1, -0.05) is 6.07 Å². The number of benzene rings is 1. The number of aromatic nitrogens is 1. The molecule has 3 atom stereocenters. The highest BCUT2D eigenvalue weighted by atomic mass is 19.4. The zero-order chi connectivity index (χ0) is 24.9. The smallest absolute Gasteiger partial charge is 0.392 e. The second-order valence-corrected chi connectivity index (χ2v) is 8.78. The van der Waals surface area contributed by atoms with Gasteiger partial charge in [-0.15, -0.1) is 0 Å². The van der Waals surface area contributed by atoms with Gasteiger partial charge >= 0.3 is 6.18 Å². The lowest BCUT2D eigenvalue weighted by Gasteiger charge is -2.39. The van der Waals surface area contributed by atoms with E-state index in [0.29, 0.717) is 0 Å². The van der Waals surface area contributed by atoms with Crippen LogP contribution in [0.2, 0.25) is 0 Å². The standard InChI is InChI=1S/C23H24F4N4O3/c1-12-7-15(23(25,26)27)9-18(28-12)31-19(33)8-14-11-30(10-13(2)32)21-16(24)5-4-6-17(21)29(3)22(34)20(14)31/h4-7,9,13-14,20,32H,8,10-11H2,1-3H3/t13?,14-,20+/m1/s1. The second kappa shape index (κ2) is 8.53. The average molecular weight is 480 g/mol. The Hall–Kier alpha value is -3.21. The van der Waals surface area contributed by atoms with E-state index >= 15 is 0 Å². The number of aliphatic hydroxyl groups excluding tert-OH is 1.